The Morgan fingerprint density at radius 3 is 1.91 bits per heavy atom. The number of alkyl halides is 3. The van der Waals surface area contributed by atoms with Crippen molar-refractivity contribution >= 4 is 39.7 Å². The van der Waals surface area contributed by atoms with Gasteiger partial charge in [-0.15, -0.1) is 0 Å². The second-order valence-corrected chi connectivity index (χ2v) is 11.4. The number of hydrogen-bond donors (Lipinski definition) is 0. The van der Waals surface area contributed by atoms with Gasteiger partial charge in [-0.1, -0.05) is 66.4 Å². The van der Waals surface area contributed by atoms with E-state index < -0.39 is 11.7 Å². The maximum atomic E-state index is 13.4. The summed E-state index contributed by atoms with van der Waals surface area (Å²) in [6.45, 7) is 2.06. The molecule has 0 aliphatic carbocycles. The van der Waals surface area contributed by atoms with Crippen molar-refractivity contribution in [3.8, 4) is 28.1 Å². The Morgan fingerprint density at radius 1 is 0.698 bits per heavy atom. The number of methoxy groups -OCH3 is 1. The zero-order valence-electron chi connectivity index (χ0n) is 23.3. The van der Waals surface area contributed by atoms with E-state index in [4.69, 9.17) is 9.72 Å². The van der Waals surface area contributed by atoms with Crippen molar-refractivity contribution in [3.63, 3.8) is 0 Å². The quantitative estimate of drug-likeness (QED) is 0.204. The maximum Gasteiger partial charge on any atom is 0.416 e. The standard InChI is InChI=1S/C36H25F3N2OS/c1-22-11-20-31(41-29-7-3-5-9-32(29)43-33-10-6-4-8-30(33)41)35-34(22)27(23-14-18-26(42-2)19-15-23)21-28(40-35)24-12-16-25(17-13-24)36(37,38)39/h3-21H,1-2H3. The first kappa shape index (κ1) is 27.1. The highest BCUT2D eigenvalue weighted by Crippen LogP contribution is 2.53. The number of fused-ring (bicyclic) bond motifs is 3. The van der Waals surface area contributed by atoms with Gasteiger partial charge in [0.15, 0.2) is 0 Å². The highest BCUT2D eigenvalue weighted by atomic mass is 32.2. The number of aryl methyl sites for hydroxylation is 1. The van der Waals surface area contributed by atoms with Crippen molar-refractivity contribution in [1.29, 1.82) is 0 Å². The van der Waals surface area contributed by atoms with E-state index in [0.29, 0.717) is 11.3 Å². The predicted molar refractivity (Wildman–Crippen MR) is 168 cm³/mol. The number of rotatable bonds is 4. The molecule has 1 aliphatic heterocycles. The molecule has 7 heteroatoms. The van der Waals surface area contributed by atoms with Gasteiger partial charge in [-0.3, -0.25) is 0 Å². The molecule has 0 radical (unpaired) electrons. The Labute approximate surface area is 251 Å². The molecule has 2 heterocycles. The zero-order valence-corrected chi connectivity index (χ0v) is 24.1. The Balaban J connectivity index is 1.53. The third-order valence-corrected chi connectivity index (χ3v) is 8.86. The molecule has 6 aromatic rings. The van der Waals surface area contributed by atoms with E-state index in [0.717, 1.165) is 72.3 Å². The summed E-state index contributed by atoms with van der Waals surface area (Å²) in [5.74, 6) is 0.738. The van der Waals surface area contributed by atoms with Gasteiger partial charge in [0, 0.05) is 20.7 Å². The van der Waals surface area contributed by atoms with Gasteiger partial charge in [0.1, 0.15) is 5.75 Å². The van der Waals surface area contributed by atoms with Crippen molar-refractivity contribution in [3.05, 3.63) is 126 Å². The molecular weight excluding hydrogens is 565 g/mol. The Kier molecular flexibility index (Phi) is 6.62. The number of benzene rings is 5. The molecule has 1 aromatic heterocycles. The molecule has 0 saturated carbocycles. The van der Waals surface area contributed by atoms with Crippen LogP contribution < -0.4 is 9.64 Å². The summed E-state index contributed by atoms with van der Waals surface area (Å²) < 4.78 is 45.6. The number of ether oxygens (including phenoxy) is 1. The molecule has 0 bridgehead atoms. The summed E-state index contributed by atoms with van der Waals surface area (Å²) >= 11 is 1.73. The molecule has 0 amide bonds. The lowest BCUT2D eigenvalue weighted by atomic mass is 9.94. The molecular formula is C36H25F3N2OS. The normalized spacial score (nSPS) is 12.6. The van der Waals surface area contributed by atoms with E-state index >= 15 is 0 Å². The lowest BCUT2D eigenvalue weighted by molar-refractivity contribution is -0.137. The number of para-hydroxylation sites is 2. The van der Waals surface area contributed by atoms with Crippen molar-refractivity contribution in [2.24, 2.45) is 0 Å². The second-order valence-electron chi connectivity index (χ2n) is 10.4. The van der Waals surface area contributed by atoms with Gasteiger partial charge in [0.2, 0.25) is 0 Å². The average Bonchev–Trinajstić information content (AvgIpc) is 3.03. The molecule has 0 spiro atoms. The number of nitrogens with zero attached hydrogens (tertiary/aromatic N) is 2. The first-order chi connectivity index (χ1) is 20.8. The second kappa shape index (κ2) is 10.5. The molecule has 5 aromatic carbocycles. The highest BCUT2D eigenvalue weighted by Gasteiger charge is 2.30. The Morgan fingerprint density at radius 2 is 1.30 bits per heavy atom. The van der Waals surface area contributed by atoms with Crippen LogP contribution in [0.4, 0.5) is 30.2 Å². The summed E-state index contributed by atoms with van der Waals surface area (Å²) in [4.78, 5) is 9.68. The minimum absolute atomic E-state index is 0.590. The Bertz CT molecular complexity index is 1940. The van der Waals surface area contributed by atoms with Crippen molar-refractivity contribution in [2.45, 2.75) is 22.9 Å². The van der Waals surface area contributed by atoms with E-state index in [1.807, 2.05) is 54.6 Å². The van der Waals surface area contributed by atoms with Gasteiger partial charge in [0.25, 0.3) is 0 Å². The minimum Gasteiger partial charge on any atom is -0.497 e. The summed E-state index contributed by atoms with van der Waals surface area (Å²) in [6.07, 6.45) is -4.42. The summed E-state index contributed by atoms with van der Waals surface area (Å²) in [5, 5.41) is 0.978. The van der Waals surface area contributed by atoms with Gasteiger partial charge >= 0.3 is 6.18 Å². The fourth-order valence-corrected chi connectivity index (χ4v) is 6.67. The monoisotopic (exact) mass is 590 g/mol. The van der Waals surface area contributed by atoms with Crippen LogP contribution in [0.3, 0.4) is 0 Å². The van der Waals surface area contributed by atoms with Crippen LogP contribution in [-0.4, -0.2) is 12.1 Å². The summed E-state index contributed by atoms with van der Waals surface area (Å²) in [6, 6.07) is 35.8. The highest BCUT2D eigenvalue weighted by molar-refractivity contribution is 7.99. The van der Waals surface area contributed by atoms with Gasteiger partial charge < -0.3 is 9.64 Å². The molecule has 3 nitrogen and oxygen atoms in total. The van der Waals surface area contributed by atoms with E-state index in [9.17, 15) is 13.2 Å². The van der Waals surface area contributed by atoms with Gasteiger partial charge in [0.05, 0.1) is 40.9 Å². The zero-order chi connectivity index (χ0) is 29.7. The fraction of sp³-hybridized carbons (Fsp3) is 0.0833. The third kappa shape index (κ3) is 4.79. The third-order valence-electron chi connectivity index (χ3n) is 7.73. The Hall–Kier alpha value is -4.75. The molecule has 1 aliphatic rings. The lowest BCUT2D eigenvalue weighted by Crippen LogP contribution is -2.15. The minimum atomic E-state index is -4.42. The van der Waals surface area contributed by atoms with Crippen LogP contribution in [0.2, 0.25) is 0 Å². The van der Waals surface area contributed by atoms with E-state index in [-0.39, 0.29) is 0 Å². The van der Waals surface area contributed by atoms with Crippen LogP contribution in [0.15, 0.2) is 125 Å². The lowest BCUT2D eigenvalue weighted by Gasteiger charge is -2.33. The smallest absolute Gasteiger partial charge is 0.416 e. The molecule has 0 unspecified atom stereocenters. The van der Waals surface area contributed by atoms with E-state index in [2.05, 4.69) is 48.2 Å². The van der Waals surface area contributed by atoms with Crippen LogP contribution in [0.5, 0.6) is 5.75 Å². The van der Waals surface area contributed by atoms with Crippen LogP contribution in [0, 0.1) is 6.92 Å². The molecule has 0 saturated heterocycles. The van der Waals surface area contributed by atoms with E-state index in [1.54, 1.807) is 18.9 Å². The molecule has 43 heavy (non-hydrogen) atoms. The number of aromatic nitrogens is 1. The van der Waals surface area contributed by atoms with Crippen molar-refractivity contribution in [2.75, 3.05) is 12.0 Å². The molecule has 212 valence electrons. The summed E-state index contributed by atoms with van der Waals surface area (Å²) in [5.41, 5.74) is 7.19. The predicted octanol–water partition coefficient (Wildman–Crippen LogP) is 10.8. The average molecular weight is 591 g/mol. The number of pyridine rings is 1. The summed E-state index contributed by atoms with van der Waals surface area (Å²) in [7, 11) is 1.63. The van der Waals surface area contributed by atoms with Crippen LogP contribution in [-0.2, 0) is 6.18 Å². The largest absolute Gasteiger partial charge is 0.497 e. The number of hydrogen-bond acceptors (Lipinski definition) is 4. The molecule has 7 rings (SSSR count). The number of halogens is 3. The van der Waals surface area contributed by atoms with Crippen molar-refractivity contribution in [1.82, 2.24) is 4.98 Å². The van der Waals surface area contributed by atoms with Crippen LogP contribution in [0.1, 0.15) is 11.1 Å². The first-order valence-corrected chi connectivity index (χ1v) is 14.6. The fourth-order valence-electron chi connectivity index (χ4n) is 5.62. The first-order valence-electron chi connectivity index (χ1n) is 13.7. The van der Waals surface area contributed by atoms with Gasteiger partial charge in [-0.25, -0.2) is 4.98 Å². The molecule has 0 N–H and O–H groups in total. The molecule has 0 atom stereocenters. The van der Waals surface area contributed by atoms with Crippen molar-refractivity contribution < 1.29 is 17.9 Å². The van der Waals surface area contributed by atoms with E-state index in [1.165, 1.54) is 12.1 Å². The van der Waals surface area contributed by atoms with Crippen LogP contribution in [0.25, 0.3) is 33.3 Å². The van der Waals surface area contributed by atoms with Gasteiger partial charge in [-0.05, 0) is 84.3 Å². The topological polar surface area (TPSA) is 25.4 Å². The number of anilines is 3. The maximum absolute atomic E-state index is 13.4. The van der Waals surface area contributed by atoms with Gasteiger partial charge in [-0.2, -0.15) is 13.2 Å². The molecule has 0 fully saturated rings. The SMILES string of the molecule is COc1ccc(-c2cc(-c3ccc(C(F)(F)F)cc3)nc3c(N4c5ccccc5Sc5ccccc54)ccc(C)c23)cc1. The van der Waals surface area contributed by atoms with Crippen LogP contribution >= 0.6 is 11.8 Å².